The summed E-state index contributed by atoms with van der Waals surface area (Å²) in [6.45, 7) is 1.92. The quantitative estimate of drug-likeness (QED) is 0.721. The van der Waals surface area contributed by atoms with E-state index in [0.29, 0.717) is 18.4 Å². The molecule has 0 spiro atoms. The van der Waals surface area contributed by atoms with Crippen molar-refractivity contribution in [3.05, 3.63) is 35.4 Å². The lowest BCUT2D eigenvalue weighted by atomic mass is 10.1. The van der Waals surface area contributed by atoms with Gasteiger partial charge in [0.2, 0.25) is 0 Å². The van der Waals surface area contributed by atoms with Crippen LogP contribution in [0.3, 0.4) is 0 Å². The summed E-state index contributed by atoms with van der Waals surface area (Å²) in [6, 6.07) is 2.49. The van der Waals surface area contributed by atoms with Crippen LogP contribution in [-0.2, 0) is 11.2 Å². The minimum absolute atomic E-state index is 0.0238. The summed E-state index contributed by atoms with van der Waals surface area (Å²) in [6.07, 6.45) is 0.605. The lowest BCUT2D eigenvalue weighted by Crippen LogP contribution is -2.41. The number of benzene rings is 1. The van der Waals surface area contributed by atoms with E-state index in [0.717, 1.165) is 6.07 Å². The van der Waals surface area contributed by atoms with Crippen LogP contribution in [0.1, 0.15) is 25.3 Å². The summed E-state index contributed by atoms with van der Waals surface area (Å²) in [5, 5.41) is 13.6. The van der Waals surface area contributed by atoms with Crippen molar-refractivity contribution in [1.29, 1.82) is 0 Å². The molecular weight excluding hydrogens is 282 g/mol. The highest BCUT2D eigenvalue weighted by atomic mass is 19.1. The van der Waals surface area contributed by atoms with E-state index in [4.69, 9.17) is 5.11 Å². The molecule has 0 aliphatic rings. The van der Waals surface area contributed by atoms with Crippen LogP contribution in [-0.4, -0.2) is 29.7 Å². The molecule has 1 aromatic rings. The van der Waals surface area contributed by atoms with Crippen molar-refractivity contribution in [1.82, 2.24) is 10.6 Å². The van der Waals surface area contributed by atoms with Gasteiger partial charge in [0, 0.05) is 25.1 Å². The van der Waals surface area contributed by atoms with Crippen molar-refractivity contribution in [3.63, 3.8) is 0 Å². The SMILES string of the molecule is CC(CCC(=O)O)NC(=O)NCCc1cc(F)cc(F)c1. The summed E-state index contributed by atoms with van der Waals surface area (Å²) in [5.74, 6) is -2.23. The van der Waals surface area contributed by atoms with Gasteiger partial charge in [-0.25, -0.2) is 13.6 Å². The zero-order chi connectivity index (χ0) is 15.8. The third-order valence-corrected chi connectivity index (χ3v) is 2.79. The number of carbonyl (C=O) groups is 2. The summed E-state index contributed by atoms with van der Waals surface area (Å²) in [7, 11) is 0. The molecular formula is C14H18F2N2O3. The maximum Gasteiger partial charge on any atom is 0.315 e. The molecule has 3 N–H and O–H groups in total. The number of hydrogen-bond donors (Lipinski definition) is 3. The first-order valence-electron chi connectivity index (χ1n) is 6.58. The van der Waals surface area contributed by atoms with Gasteiger partial charge in [0.1, 0.15) is 11.6 Å². The minimum atomic E-state index is -0.919. The molecule has 7 heteroatoms. The van der Waals surface area contributed by atoms with Gasteiger partial charge in [0.25, 0.3) is 0 Å². The van der Waals surface area contributed by atoms with E-state index in [1.54, 1.807) is 6.92 Å². The van der Waals surface area contributed by atoms with E-state index in [-0.39, 0.29) is 19.0 Å². The van der Waals surface area contributed by atoms with Crippen molar-refractivity contribution < 1.29 is 23.5 Å². The molecule has 1 aromatic carbocycles. The molecule has 5 nitrogen and oxygen atoms in total. The second kappa shape index (κ2) is 8.18. The van der Waals surface area contributed by atoms with Gasteiger partial charge in [-0.15, -0.1) is 0 Å². The van der Waals surface area contributed by atoms with Crippen LogP contribution >= 0.6 is 0 Å². The van der Waals surface area contributed by atoms with Crippen LogP contribution < -0.4 is 10.6 Å². The van der Waals surface area contributed by atoms with Gasteiger partial charge in [-0.05, 0) is 37.5 Å². The average Bonchev–Trinajstić information content (AvgIpc) is 2.35. The molecule has 0 aromatic heterocycles. The molecule has 0 radical (unpaired) electrons. The van der Waals surface area contributed by atoms with Gasteiger partial charge in [-0.1, -0.05) is 0 Å². The van der Waals surface area contributed by atoms with E-state index in [2.05, 4.69) is 10.6 Å². The Hall–Kier alpha value is -2.18. The van der Waals surface area contributed by atoms with Gasteiger partial charge in [-0.2, -0.15) is 0 Å². The monoisotopic (exact) mass is 300 g/mol. The maximum absolute atomic E-state index is 12.9. The molecule has 0 aliphatic carbocycles. The summed E-state index contributed by atoms with van der Waals surface area (Å²) < 4.78 is 25.9. The van der Waals surface area contributed by atoms with Crippen LogP contribution in [0.5, 0.6) is 0 Å². The van der Waals surface area contributed by atoms with Crippen LogP contribution in [0.4, 0.5) is 13.6 Å². The predicted octanol–water partition coefficient (Wildman–Crippen LogP) is 2.06. The normalized spacial score (nSPS) is 11.8. The predicted molar refractivity (Wildman–Crippen MR) is 72.9 cm³/mol. The second-order valence-corrected chi connectivity index (χ2v) is 4.76. The molecule has 0 fully saturated rings. The molecule has 0 bridgehead atoms. The summed E-state index contributed by atoms with van der Waals surface area (Å²) in [4.78, 5) is 21.9. The number of urea groups is 1. The van der Waals surface area contributed by atoms with Crippen molar-refractivity contribution in [2.45, 2.75) is 32.2 Å². The largest absolute Gasteiger partial charge is 0.481 e. The Bertz CT molecular complexity index is 489. The highest BCUT2D eigenvalue weighted by Gasteiger charge is 2.08. The van der Waals surface area contributed by atoms with Crippen LogP contribution in [0, 0.1) is 11.6 Å². The zero-order valence-corrected chi connectivity index (χ0v) is 11.7. The molecule has 0 aliphatic heterocycles. The van der Waals surface area contributed by atoms with E-state index >= 15 is 0 Å². The highest BCUT2D eigenvalue weighted by molar-refractivity contribution is 5.74. The van der Waals surface area contributed by atoms with Gasteiger partial charge >= 0.3 is 12.0 Å². The Morgan fingerprint density at radius 1 is 1.24 bits per heavy atom. The topological polar surface area (TPSA) is 78.4 Å². The summed E-state index contributed by atoms with van der Waals surface area (Å²) >= 11 is 0. The van der Waals surface area contributed by atoms with E-state index in [9.17, 15) is 18.4 Å². The Balaban J connectivity index is 2.28. The molecule has 1 atom stereocenters. The van der Waals surface area contributed by atoms with Crippen LogP contribution in [0.25, 0.3) is 0 Å². The number of amides is 2. The number of carboxylic acid groups (broad SMARTS) is 1. The smallest absolute Gasteiger partial charge is 0.315 e. The van der Waals surface area contributed by atoms with E-state index in [1.807, 2.05) is 0 Å². The zero-order valence-electron chi connectivity index (χ0n) is 11.7. The van der Waals surface area contributed by atoms with Crippen LogP contribution in [0.15, 0.2) is 18.2 Å². The fourth-order valence-electron chi connectivity index (χ4n) is 1.76. The Labute approximate surface area is 121 Å². The van der Waals surface area contributed by atoms with Gasteiger partial charge in [0.05, 0.1) is 0 Å². The Kier molecular flexibility index (Phi) is 6.58. The number of nitrogens with one attached hydrogen (secondary N) is 2. The standard InChI is InChI=1S/C14H18F2N2O3/c1-9(2-3-13(19)20)18-14(21)17-5-4-10-6-11(15)8-12(16)7-10/h6-9H,2-5H2,1H3,(H,19,20)(H2,17,18,21). The third-order valence-electron chi connectivity index (χ3n) is 2.79. The summed E-state index contributed by atoms with van der Waals surface area (Å²) in [5.41, 5.74) is 0.451. The third kappa shape index (κ3) is 7.24. The molecule has 21 heavy (non-hydrogen) atoms. The number of halogens is 2. The first kappa shape index (κ1) is 16.9. The Morgan fingerprint density at radius 2 is 1.86 bits per heavy atom. The van der Waals surface area contributed by atoms with Gasteiger partial charge in [0.15, 0.2) is 0 Å². The van der Waals surface area contributed by atoms with Crippen LogP contribution in [0.2, 0.25) is 0 Å². The lowest BCUT2D eigenvalue weighted by molar-refractivity contribution is -0.137. The average molecular weight is 300 g/mol. The molecule has 0 saturated heterocycles. The molecule has 0 heterocycles. The molecule has 1 rings (SSSR count). The van der Waals surface area contributed by atoms with Crippen molar-refractivity contribution >= 4 is 12.0 Å². The number of aliphatic carboxylic acids is 1. The molecule has 2 amide bonds. The fraction of sp³-hybridized carbons (Fsp3) is 0.429. The van der Waals surface area contributed by atoms with E-state index < -0.39 is 23.6 Å². The first-order chi connectivity index (χ1) is 9.86. The van der Waals surface area contributed by atoms with Gasteiger partial charge in [-0.3, -0.25) is 4.79 Å². The Morgan fingerprint density at radius 3 is 2.43 bits per heavy atom. The van der Waals surface area contributed by atoms with Crippen molar-refractivity contribution in [2.75, 3.05) is 6.54 Å². The molecule has 0 saturated carbocycles. The molecule has 116 valence electrons. The second-order valence-electron chi connectivity index (χ2n) is 4.76. The maximum atomic E-state index is 12.9. The minimum Gasteiger partial charge on any atom is -0.481 e. The number of carboxylic acids is 1. The van der Waals surface area contributed by atoms with Crippen molar-refractivity contribution in [3.8, 4) is 0 Å². The number of rotatable bonds is 7. The van der Waals surface area contributed by atoms with Crippen molar-refractivity contribution in [2.24, 2.45) is 0 Å². The van der Waals surface area contributed by atoms with E-state index in [1.165, 1.54) is 12.1 Å². The number of hydrogen-bond acceptors (Lipinski definition) is 2. The highest BCUT2D eigenvalue weighted by Crippen LogP contribution is 2.08. The molecule has 1 unspecified atom stereocenters. The fourth-order valence-corrected chi connectivity index (χ4v) is 1.76. The number of carbonyl (C=O) groups excluding carboxylic acids is 1. The van der Waals surface area contributed by atoms with Gasteiger partial charge < -0.3 is 15.7 Å². The lowest BCUT2D eigenvalue weighted by Gasteiger charge is -2.13. The first-order valence-corrected chi connectivity index (χ1v) is 6.58.